The molecule has 0 unspecified atom stereocenters. The van der Waals surface area contributed by atoms with Crippen LogP contribution >= 0.6 is 11.6 Å². The number of carbonyl (C=O) groups is 3. The number of nitrogens with two attached hydrogens (primary N) is 1. The number of aromatic hydroxyl groups is 1. The fourth-order valence-electron chi connectivity index (χ4n) is 6.58. The minimum Gasteiger partial charge on any atom is -0.508 e. The van der Waals surface area contributed by atoms with Gasteiger partial charge in [-0.15, -0.1) is 0 Å². The zero-order chi connectivity index (χ0) is 27.7. The molecule has 10 nitrogen and oxygen atoms in total. The number of aliphatic hydroxyl groups is 3. The van der Waals surface area contributed by atoms with Crippen LogP contribution in [0.4, 0.5) is 0 Å². The maximum absolute atomic E-state index is 13.8. The molecule has 4 aliphatic rings. The lowest BCUT2D eigenvalue weighted by Crippen LogP contribution is -2.65. The highest BCUT2D eigenvalue weighted by Crippen LogP contribution is 2.53. The summed E-state index contributed by atoms with van der Waals surface area (Å²) in [5.74, 6) is -6.17. The van der Waals surface area contributed by atoms with Crippen LogP contribution in [0.5, 0.6) is 5.75 Å². The number of likely N-dealkylation sites (N-methyl/N-ethyl adjacent to an activating group) is 1. The van der Waals surface area contributed by atoms with Gasteiger partial charge in [0.1, 0.15) is 22.8 Å². The number of hydrogen-bond donors (Lipinski definition) is 6. The molecule has 7 N–H and O–H groups in total. The summed E-state index contributed by atoms with van der Waals surface area (Å²) in [5.41, 5.74) is 2.77. The van der Waals surface area contributed by atoms with E-state index in [0.29, 0.717) is 28.6 Å². The SMILES string of the molecule is CN(C)[C@@H]1C(=O)C(C(N)=O)=C(O)[C@@]2(O)C(=O)C3=C(O)c4c(O)cc(CNCC5CCC5)c(Cl)c4C[C@H]3C[C@@H]12. The molecule has 4 atom stereocenters. The number of halogens is 1. The molecule has 11 heteroatoms. The Balaban J connectivity index is 1.59. The Morgan fingerprint density at radius 3 is 2.50 bits per heavy atom. The second kappa shape index (κ2) is 9.37. The Labute approximate surface area is 224 Å². The summed E-state index contributed by atoms with van der Waals surface area (Å²) in [5, 5.41) is 48.3. The molecule has 0 bridgehead atoms. The van der Waals surface area contributed by atoms with E-state index in [2.05, 4.69) is 5.32 Å². The molecule has 4 aliphatic carbocycles. The van der Waals surface area contributed by atoms with Crippen LogP contribution < -0.4 is 11.1 Å². The molecule has 1 aromatic carbocycles. The van der Waals surface area contributed by atoms with Gasteiger partial charge in [-0.2, -0.15) is 0 Å². The average molecular weight is 546 g/mol. The number of primary amides is 1. The van der Waals surface area contributed by atoms with E-state index >= 15 is 0 Å². The number of rotatable bonds is 6. The Morgan fingerprint density at radius 2 is 1.92 bits per heavy atom. The second-order valence-corrected chi connectivity index (χ2v) is 11.5. The summed E-state index contributed by atoms with van der Waals surface area (Å²) >= 11 is 6.76. The van der Waals surface area contributed by atoms with Crippen LogP contribution in [0.3, 0.4) is 0 Å². The molecule has 204 valence electrons. The van der Waals surface area contributed by atoms with E-state index in [1.807, 2.05) is 0 Å². The number of nitrogens with zero attached hydrogens (tertiary/aromatic N) is 1. The first-order valence-corrected chi connectivity index (χ1v) is 13.2. The van der Waals surface area contributed by atoms with Crippen molar-refractivity contribution < 1.29 is 34.8 Å². The summed E-state index contributed by atoms with van der Waals surface area (Å²) in [7, 11) is 3.12. The van der Waals surface area contributed by atoms with Crippen LogP contribution in [-0.2, 0) is 27.3 Å². The van der Waals surface area contributed by atoms with Crippen molar-refractivity contribution in [1.82, 2.24) is 10.2 Å². The molecule has 2 saturated carbocycles. The maximum Gasteiger partial charge on any atom is 0.255 e. The van der Waals surface area contributed by atoms with Crippen molar-refractivity contribution in [3.63, 3.8) is 0 Å². The molecular weight excluding hydrogens is 514 g/mol. The van der Waals surface area contributed by atoms with Crippen LogP contribution in [0, 0.1) is 17.8 Å². The zero-order valence-corrected chi connectivity index (χ0v) is 22.0. The Kier molecular flexibility index (Phi) is 6.58. The first-order chi connectivity index (χ1) is 17.9. The number of benzene rings is 1. The van der Waals surface area contributed by atoms with Gasteiger partial charge in [-0.05, 0) is 75.4 Å². The van der Waals surface area contributed by atoms with Gasteiger partial charge in [0, 0.05) is 23.1 Å². The Bertz CT molecular complexity index is 1320. The van der Waals surface area contributed by atoms with Crippen molar-refractivity contribution >= 4 is 34.8 Å². The molecule has 0 heterocycles. The third kappa shape index (κ3) is 3.77. The summed E-state index contributed by atoms with van der Waals surface area (Å²) in [6.07, 6.45) is 3.78. The third-order valence-corrected chi connectivity index (χ3v) is 9.17. The number of phenols is 1. The summed E-state index contributed by atoms with van der Waals surface area (Å²) < 4.78 is 0. The third-order valence-electron chi connectivity index (χ3n) is 8.70. The molecule has 0 aromatic heterocycles. The average Bonchev–Trinajstić information content (AvgIpc) is 2.80. The van der Waals surface area contributed by atoms with Crippen molar-refractivity contribution in [2.75, 3.05) is 20.6 Å². The number of phenolic OH excluding ortho intramolecular Hbond substituents is 1. The van der Waals surface area contributed by atoms with Gasteiger partial charge in [0.25, 0.3) is 5.91 Å². The number of amides is 1. The molecule has 0 saturated heterocycles. The van der Waals surface area contributed by atoms with Crippen LogP contribution in [0.25, 0.3) is 5.76 Å². The molecule has 5 rings (SSSR count). The van der Waals surface area contributed by atoms with Crippen molar-refractivity contribution in [3.8, 4) is 5.75 Å². The number of aliphatic hydroxyl groups excluding tert-OH is 2. The minimum absolute atomic E-state index is 0.00553. The van der Waals surface area contributed by atoms with Crippen molar-refractivity contribution in [3.05, 3.63) is 44.7 Å². The lowest BCUT2D eigenvalue weighted by atomic mass is 9.57. The monoisotopic (exact) mass is 545 g/mol. The van der Waals surface area contributed by atoms with E-state index in [0.717, 1.165) is 6.54 Å². The van der Waals surface area contributed by atoms with E-state index in [1.54, 1.807) is 14.1 Å². The molecule has 1 amide bonds. The van der Waals surface area contributed by atoms with Crippen molar-refractivity contribution in [2.45, 2.75) is 50.3 Å². The standard InChI is InChI=1S/C27H32ClN3O7/c1-31(2)21-15-7-12-6-14-18(16(32)8-13(20(14)28)10-30-9-11-4-3-5-11)22(33)17(12)24(35)27(15,38)25(36)19(23(21)34)26(29)37/h8,11-12,15,21,30,32-33,36,38H,3-7,9-10H2,1-2H3,(H2,29,37)/t12-,15-,21-,27-/m0/s1. The molecule has 2 fully saturated rings. The number of carbonyl (C=O) groups excluding carboxylic acids is 3. The predicted octanol–water partition coefficient (Wildman–Crippen LogP) is 1.51. The highest BCUT2D eigenvalue weighted by Gasteiger charge is 2.64. The molecular formula is C27H32ClN3O7. The van der Waals surface area contributed by atoms with Gasteiger partial charge in [0.15, 0.2) is 11.4 Å². The molecule has 0 spiro atoms. The summed E-state index contributed by atoms with van der Waals surface area (Å²) in [6.45, 7) is 1.26. The largest absolute Gasteiger partial charge is 0.508 e. The van der Waals surface area contributed by atoms with E-state index in [1.165, 1.54) is 30.2 Å². The van der Waals surface area contributed by atoms with E-state index in [9.17, 15) is 34.8 Å². The molecule has 38 heavy (non-hydrogen) atoms. The van der Waals surface area contributed by atoms with Gasteiger partial charge >= 0.3 is 0 Å². The predicted molar refractivity (Wildman–Crippen MR) is 138 cm³/mol. The van der Waals surface area contributed by atoms with Gasteiger partial charge < -0.3 is 31.5 Å². The Hall–Kier alpha value is -2.92. The van der Waals surface area contributed by atoms with E-state index in [4.69, 9.17) is 17.3 Å². The Morgan fingerprint density at radius 1 is 1.24 bits per heavy atom. The van der Waals surface area contributed by atoms with Crippen molar-refractivity contribution in [2.24, 2.45) is 23.5 Å². The molecule has 1 aromatic rings. The number of fused-ring (bicyclic) bond motifs is 3. The van der Waals surface area contributed by atoms with Gasteiger partial charge in [0.05, 0.1) is 11.6 Å². The number of Topliss-reactive ketones (excluding diaryl/α,β-unsaturated/α-hetero) is 2. The first-order valence-electron chi connectivity index (χ1n) is 12.8. The lowest BCUT2D eigenvalue weighted by Gasteiger charge is -2.50. The zero-order valence-electron chi connectivity index (χ0n) is 21.3. The van der Waals surface area contributed by atoms with Crippen LogP contribution in [0.1, 0.15) is 42.4 Å². The highest BCUT2D eigenvalue weighted by molar-refractivity contribution is 6.32. The fourth-order valence-corrected chi connectivity index (χ4v) is 6.88. The maximum atomic E-state index is 13.8. The topological polar surface area (TPSA) is 173 Å². The van der Waals surface area contributed by atoms with E-state index < -0.39 is 58.0 Å². The van der Waals surface area contributed by atoms with Gasteiger partial charge in [-0.25, -0.2) is 0 Å². The van der Waals surface area contributed by atoms with E-state index in [-0.39, 0.29) is 29.7 Å². The number of ketones is 2. The minimum atomic E-state index is -2.66. The second-order valence-electron chi connectivity index (χ2n) is 11.1. The highest BCUT2D eigenvalue weighted by atomic mass is 35.5. The number of hydrogen-bond acceptors (Lipinski definition) is 9. The smallest absolute Gasteiger partial charge is 0.255 e. The fraction of sp³-hybridized carbons (Fsp3) is 0.519. The van der Waals surface area contributed by atoms with Crippen LogP contribution in [-0.4, -0.2) is 75.1 Å². The van der Waals surface area contributed by atoms with Gasteiger partial charge in [-0.1, -0.05) is 18.0 Å². The summed E-state index contributed by atoms with van der Waals surface area (Å²) in [4.78, 5) is 40.5. The van der Waals surface area contributed by atoms with Crippen LogP contribution in [0.2, 0.25) is 5.02 Å². The first kappa shape index (κ1) is 26.7. The summed E-state index contributed by atoms with van der Waals surface area (Å²) in [6, 6.07) is 0.319. The van der Waals surface area contributed by atoms with Gasteiger partial charge in [0.2, 0.25) is 5.78 Å². The molecule has 0 aliphatic heterocycles. The number of nitrogens with one attached hydrogen (secondary N) is 1. The lowest BCUT2D eigenvalue weighted by molar-refractivity contribution is -0.153. The van der Waals surface area contributed by atoms with Crippen LogP contribution in [0.15, 0.2) is 23.0 Å². The van der Waals surface area contributed by atoms with Gasteiger partial charge in [-0.3, -0.25) is 19.3 Å². The molecule has 0 radical (unpaired) electrons. The quantitative estimate of drug-likeness (QED) is 0.289. The van der Waals surface area contributed by atoms with Crippen molar-refractivity contribution in [1.29, 1.82) is 0 Å². The normalized spacial score (nSPS) is 29.2.